The van der Waals surface area contributed by atoms with Gasteiger partial charge in [-0.3, -0.25) is 14.4 Å². The Morgan fingerprint density at radius 1 is 1.26 bits per heavy atom. The standard InChI is InChI=1S/C16H20N2O5/c1-3-23-17-15(19)6-8-18(11-13-5-4-9-22-13)16(20)14-7-10-21-12(14)2/h4-5,7,9-10H,3,6,8,11H2,1-2H3,(H,17,19). The molecule has 0 unspecified atom stereocenters. The van der Waals surface area contributed by atoms with Crippen LogP contribution in [0.1, 0.15) is 35.2 Å². The van der Waals surface area contributed by atoms with E-state index in [2.05, 4.69) is 5.48 Å². The zero-order chi connectivity index (χ0) is 16.7. The molecule has 0 radical (unpaired) electrons. The molecule has 0 aliphatic carbocycles. The van der Waals surface area contributed by atoms with E-state index in [1.54, 1.807) is 43.2 Å². The Balaban J connectivity index is 2.04. The summed E-state index contributed by atoms with van der Waals surface area (Å²) >= 11 is 0. The lowest BCUT2D eigenvalue weighted by Gasteiger charge is -2.21. The molecule has 0 bridgehead atoms. The maximum absolute atomic E-state index is 12.6. The van der Waals surface area contributed by atoms with Gasteiger partial charge in [0.2, 0.25) is 5.91 Å². The molecule has 0 saturated carbocycles. The van der Waals surface area contributed by atoms with E-state index in [1.807, 2.05) is 0 Å². The number of aryl methyl sites for hydroxylation is 1. The fourth-order valence-corrected chi connectivity index (χ4v) is 2.06. The highest BCUT2D eigenvalue weighted by molar-refractivity contribution is 5.95. The molecule has 0 saturated heterocycles. The Hall–Kier alpha value is -2.54. The van der Waals surface area contributed by atoms with Gasteiger partial charge in [0.25, 0.3) is 5.91 Å². The Labute approximate surface area is 134 Å². The van der Waals surface area contributed by atoms with Crippen LogP contribution < -0.4 is 5.48 Å². The number of hydrogen-bond donors (Lipinski definition) is 1. The van der Waals surface area contributed by atoms with Crippen molar-refractivity contribution < 1.29 is 23.3 Å². The van der Waals surface area contributed by atoms with Gasteiger partial charge in [0, 0.05) is 13.0 Å². The van der Waals surface area contributed by atoms with Crippen molar-refractivity contribution in [3.8, 4) is 0 Å². The summed E-state index contributed by atoms with van der Waals surface area (Å²) in [6.45, 7) is 4.39. The normalized spacial score (nSPS) is 10.5. The van der Waals surface area contributed by atoms with E-state index in [0.717, 1.165) is 0 Å². The van der Waals surface area contributed by atoms with Gasteiger partial charge < -0.3 is 13.7 Å². The summed E-state index contributed by atoms with van der Waals surface area (Å²) in [5.41, 5.74) is 2.79. The maximum atomic E-state index is 12.6. The van der Waals surface area contributed by atoms with E-state index in [-0.39, 0.29) is 31.3 Å². The molecule has 0 aromatic carbocycles. The molecular weight excluding hydrogens is 300 g/mol. The van der Waals surface area contributed by atoms with Crippen LogP contribution >= 0.6 is 0 Å². The molecule has 0 spiro atoms. The first-order chi connectivity index (χ1) is 11.1. The van der Waals surface area contributed by atoms with Gasteiger partial charge in [-0.1, -0.05) is 0 Å². The molecule has 7 heteroatoms. The van der Waals surface area contributed by atoms with Crippen molar-refractivity contribution in [2.45, 2.75) is 26.8 Å². The molecule has 7 nitrogen and oxygen atoms in total. The van der Waals surface area contributed by atoms with E-state index in [0.29, 0.717) is 23.7 Å². The molecule has 1 N–H and O–H groups in total. The van der Waals surface area contributed by atoms with Gasteiger partial charge in [0.1, 0.15) is 11.5 Å². The summed E-state index contributed by atoms with van der Waals surface area (Å²) in [6.07, 6.45) is 3.14. The van der Waals surface area contributed by atoms with Crippen molar-refractivity contribution in [2.75, 3.05) is 13.2 Å². The Kier molecular flexibility index (Phi) is 5.99. The number of hydrogen-bond acceptors (Lipinski definition) is 5. The van der Waals surface area contributed by atoms with E-state index in [9.17, 15) is 9.59 Å². The lowest BCUT2D eigenvalue weighted by Crippen LogP contribution is -2.35. The third-order valence-electron chi connectivity index (χ3n) is 3.24. The number of rotatable bonds is 8. The second-order valence-corrected chi connectivity index (χ2v) is 4.90. The maximum Gasteiger partial charge on any atom is 0.257 e. The zero-order valence-corrected chi connectivity index (χ0v) is 13.2. The first-order valence-electron chi connectivity index (χ1n) is 7.38. The van der Waals surface area contributed by atoms with Crippen molar-refractivity contribution in [1.29, 1.82) is 0 Å². The monoisotopic (exact) mass is 320 g/mol. The summed E-state index contributed by atoms with van der Waals surface area (Å²) in [5.74, 6) is 0.688. The number of hydroxylamine groups is 1. The van der Waals surface area contributed by atoms with Crippen molar-refractivity contribution in [3.63, 3.8) is 0 Å². The smallest absolute Gasteiger partial charge is 0.257 e. The van der Waals surface area contributed by atoms with Crippen LogP contribution in [0.2, 0.25) is 0 Å². The second-order valence-electron chi connectivity index (χ2n) is 4.90. The molecule has 0 aliphatic rings. The molecule has 2 aromatic rings. The fraction of sp³-hybridized carbons (Fsp3) is 0.375. The third kappa shape index (κ3) is 4.72. The molecule has 0 atom stereocenters. The van der Waals surface area contributed by atoms with Gasteiger partial charge in [-0.25, -0.2) is 5.48 Å². The topological polar surface area (TPSA) is 84.9 Å². The average molecular weight is 320 g/mol. The van der Waals surface area contributed by atoms with E-state index >= 15 is 0 Å². The Bertz CT molecular complexity index is 633. The van der Waals surface area contributed by atoms with Crippen LogP contribution in [0.15, 0.2) is 39.6 Å². The number of furan rings is 2. The van der Waals surface area contributed by atoms with Crippen molar-refractivity contribution in [3.05, 3.63) is 47.8 Å². The predicted octanol–water partition coefficient (Wildman–Crippen LogP) is 2.28. The van der Waals surface area contributed by atoms with Crippen LogP contribution in [-0.4, -0.2) is 29.9 Å². The molecule has 2 aromatic heterocycles. The van der Waals surface area contributed by atoms with Crippen LogP contribution in [0.3, 0.4) is 0 Å². The van der Waals surface area contributed by atoms with Crippen molar-refractivity contribution >= 4 is 11.8 Å². The summed E-state index contributed by atoms with van der Waals surface area (Å²) < 4.78 is 10.5. The van der Waals surface area contributed by atoms with Gasteiger partial charge in [-0.15, -0.1) is 0 Å². The lowest BCUT2D eigenvalue weighted by atomic mass is 10.2. The minimum atomic E-state index is -0.284. The zero-order valence-electron chi connectivity index (χ0n) is 13.2. The number of amides is 2. The fourth-order valence-electron chi connectivity index (χ4n) is 2.06. The number of nitrogens with one attached hydrogen (secondary N) is 1. The van der Waals surface area contributed by atoms with Crippen LogP contribution in [0.25, 0.3) is 0 Å². The third-order valence-corrected chi connectivity index (χ3v) is 3.24. The Morgan fingerprint density at radius 2 is 2.09 bits per heavy atom. The van der Waals surface area contributed by atoms with Crippen LogP contribution in [-0.2, 0) is 16.2 Å². The number of carbonyl (C=O) groups is 2. The highest BCUT2D eigenvalue weighted by Gasteiger charge is 2.21. The minimum Gasteiger partial charge on any atom is -0.469 e. The Morgan fingerprint density at radius 3 is 2.70 bits per heavy atom. The summed E-state index contributed by atoms with van der Waals surface area (Å²) in [6, 6.07) is 5.15. The molecule has 2 heterocycles. The lowest BCUT2D eigenvalue weighted by molar-refractivity contribution is -0.133. The highest BCUT2D eigenvalue weighted by Crippen LogP contribution is 2.15. The second kappa shape index (κ2) is 8.19. The quantitative estimate of drug-likeness (QED) is 0.754. The summed E-state index contributed by atoms with van der Waals surface area (Å²) in [7, 11) is 0. The van der Waals surface area contributed by atoms with E-state index in [4.69, 9.17) is 13.7 Å². The number of nitrogens with zero attached hydrogens (tertiary/aromatic N) is 1. The van der Waals surface area contributed by atoms with Crippen LogP contribution in [0.5, 0.6) is 0 Å². The first-order valence-corrected chi connectivity index (χ1v) is 7.38. The van der Waals surface area contributed by atoms with Gasteiger partial charge in [-0.05, 0) is 32.0 Å². The molecule has 2 rings (SSSR count). The molecule has 124 valence electrons. The number of carbonyl (C=O) groups excluding carboxylic acids is 2. The molecule has 0 fully saturated rings. The van der Waals surface area contributed by atoms with Crippen molar-refractivity contribution in [2.24, 2.45) is 0 Å². The SMILES string of the molecule is CCONC(=O)CCN(Cc1ccco1)C(=O)c1ccoc1C. The minimum absolute atomic E-state index is 0.128. The molecule has 2 amide bonds. The summed E-state index contributed by atoms with van der Waals surface area (Å²) in [5, 5.41) is 0. The van der Waals surface area contributed by atoms with Gasteiger partial charge in [0.05, 0.1) is 31.2 Å². The molecule has 23 heavy (non-hydrogen) atoms. The predicted molar refractivity (Wildman–Crippen MR) is 81.3 cm³/mol. The van der Waals surface area contributed by atoms with Crippen molar-refractivity contribution in [1.82, 2.24) is 10.4 Å². The van der Waals surface area contributed by atoms with Gasteiger partial charge >= 0.3 is 0 Å². The summed E-state index contributed by atoms with van der Waals surface area (Å²) in [4.78, 5) is 30.7. The highest BCUT2D eigenvalue weighted by atomic mass is 16.6. The first kappa shape index (κ1) is 16.8. The van der Waals surface area contributed by atoms with Crippen LogP contribution in [0.4, 0.5) is 0 Å². The van der Waals surface area contributed by atoms with E-state index in [1.165, 1.54) is 6.26 Å². The van der Waals surface area contributed by atoms with E-state index < -0.39 is 0 Å². The molecular formula is C16H20N2O5. The van der Waals surface area contributed by atoms with Crippen LogP contribution in [0, 0.1) is 6.92 Å². The molecule has 0 aliphatic heterocycles. The van der Waals surface area contributed by atoms with Gasteiger partial charge in [0.15, 0.2) is 0 Å². The largest absolute Gasteiger partial charge is 0.469 e. The van der Waals surface area contributed by atoms with Gasteiger partial charge in [-0.2, -0.15) is 0 Å². The average Bonchev–Trinajstić information content (AvgIpc) is 3.20.